The lowest BCUT2D eigenvalue weighted by Gasteiger charge is -2.21. The van der Waals surface area contributed by atoms with E-state index in [4.69, 9.17) is 16.3 Å². The Labute approximate surface area is 175 Å². The Kier molecular flexibility index (Phi) is 8.68. The van der Waals surface area contributed by atoms with Crippen molar-refractivity contribution in [2.75, 3.05) is 13.6 Å². The number of hydrogen-bond donors (Lipinski definition) is 1. The molecule has 154 valence electrons. The van der Waals surface area contributed by atoms with Gasteiger partial charge in [-0.25, -0.2) is 0 Å². The van der Waals surface area contributed by atoms with Crippen LogP contribution in [0.1, 0.15) is 35.7 Å². The summed E-state index contributed by atoms with van der Waals surface area (Å²) in [5.41, 5.74) is 1.50. The fourth-order valence-corrected chi connectivity index (χ4v) is 2.82. The summed E-state index contributed by atoms with van der Waals surface area (Å²) >= 11 is 5.79. The van der Waals surface area contributed by atoms with Gasteiger partial charge in [-0.3, -0.25) is 14.4 Å². The van der Waals surface area contributed by atoms with Crippen molar-refractivity contribution < 1.29 is 19.1 Å². The predicted molar refractivity (Wildman–Crippen MR) is 111 cm³/mol. The molecule has 0 fully saturated rings. The quantitative estimate of drug-likeness (QED) is 0.502. The van der Waals surface area contributed by atoms with Crippen molar-refractivity contribution in [1.29, 1.82) is 0 Å². The molecule has 1 N–H and O–H groups in total. The number of hydrogen-bond acceptors (Lipinski definition) is 4. The van der Waals surface area contributed by atoms with E-state index in [1.807, 2.05) is 30.3 Å². The molecule has 6 nitrogen and oxygen atoms in total. The van der Waals surface area contributed by atoms with Gasteiger partial charge in [0.1, 0.15) is 0 Å². The molecule has 2 aromatic rings. The lowest BCUT2D eigenvalue weighted by molar-refractivity contribution is -0.158. The van der Waals surface area contributed by atoms with Gasteiger partial charge in [-0.2, -0.15) is 0 Å². The lowest BCUT2D eigenvalue weighted by atomic mass is 10.2. The number of rotatable bonds is 9. The fourth-order valence-electron chi connectivity index (χ4n) is 2.69. The monoisotopic (exact) mass is 416 g/mol. The number of nitrogens with zero attached hydrogens (tertiary/aromatic N) is 1. The summed E-state index contributed by atoms with van der Waals surface area (Å²) in [6, 6.07) is 16.1. The molecule has 29 heavy (non-hydrogen) atoms. The van der Waals surface area contributed by atoms with Crippen molar-refractivity contribution >= 4 is 29.4 Å². The molecular weight excluding hydrogens is 392 g/mol. The third kappa shape index (κ3) is 7.58. The van der Waals surface area contributed by atoms with Crippen LogP contribution in [0.15, 0.2) is 54.6 Å². The van der Waals surface area contributed by atoms with Gasteiger partial charge < -0.3 is 15.0 Å². The molecule has 0 radical (unpaired) electrons. The highest BCUT2D eigenvalue weighted by atomic mass is 35.5. The molecule has 0 saturated carbocycles. The van der Waals surface area contributed by atoms with E-state index in [1.165, 1.54) is 4.90 Å². The smallest absolute Gasteiger partial charge is 0.306 e. The largest absolute Gasteiger partial charge is 0.453 e. The maximum absolute atomic E-state index is 12.4. The summed E-state index contributed by atoms with van der Waals surface area (Å²) in [6.07, 6.45) is -0.334. The summed E-state index contributed by atoms with van der Waals surface area (Å²) < 4.78 is 5.22. The predicted octanol–water partition coefficient (Wildman–Crippen LogP) is 3.44. The standard InChI is InChI=1S/C22H25ClN2O4/c1-16(22(28)25(2)15-17-7-4-3-5-8-17)29-20(26)9-6-14-24-21(27)18-10-12-19(23)13-11-18/h3-5,7-8,10-13,16H,6,9,14-15H2,1-2H3,(H,24,27)/t16-/m0/s1. The van der Waals surface area contributed by atoms with Gasteiger partial charge in [0.25, 0.3) is 11.8 Å². The van der Waals surface area contributed by atoms with Crippen molar-refractivity contribution in [3.63, 3.8) is 0 Å². The maximum atomic E-state index is 12.4. The number of esters is 1. The molecule has 0 saturated heterocycles. The Morgan fingerprint density at radius 2 is 1.72 bits per heavy atom. The molecule has 0 unspecified atom stereocenters. The van der Waals surface area contributed by atoms with E-state index in [2.05, 4.69) is 5.32 Å². The molecule has 0 heterocycles. The van der Waals surface area contributed by atoms with Crippen LogP contribution in [0.4, 0.5) is 0 Å². The summed E-state index contributed by atoms with van der Waals surface area (Å²) in [5, 5.41) is 3.29. The molecule has 0 aliphatic rings. The van der Waals surface area contributed by atoms with Gasteiger partial charge in [0.2, 0.25) is 0 Å². The van der Waals surface area contributed by atoms with Crippen LogP contribution >= 0.6 is 11.6 Å². The summed E-state index contributed by atoms with van der Waals surface area (Å²) in [4.78, 5) is 37.8. The molecule has 0 aliphatic heterocycles. The van der Waals surface area contributed by atoms with Crippen LogP contribution < -0.4 is 5.32 Å². The molecule has 7 heteroatoms. The van der Waals surface area contributed by atoms with Crippen LogP contribution in [-0.2, 0) is 20.9 Å². The Hall–Kier alpha value is -2.86. The molecular formula is C22H25ClN2O4. The van der Waals surface area contributed by atoms with E-state index in [0.29, 0.717) is 30.1 Å². The highest BCUT2D eigenvalue weighted by molar-refractivity contribution is 6.30. The highest BCUT2D eigenvalue weighted by Crippen LogP contribution is 2.10. The number of benzene rings is 2. The summed E-state index contributed by atoms with van der Waals surface area (Å²) in [5.74, 6) is -0.973. The second-order valence-corrected chi connectivity index (χ2v) is 7.11. The van der Waals surface area contributed by atoms with E-state index in [-0.39, 0.29) is 18.2 Å². The molecule has 2 aromatic carbocycles. The van der Waals surface area contributed by atoms with Crippen molar-refractivity contribution in [2.24, 2.45) is 0 Å². The van der Waals surface area contributed by atoms with Gasteiger partial charge in [0.05, 0.1) is 0 Å². The molecule has 2 amide bonds. The number of carbonyl (C=O) groups excluding carboxylic acids is 3. The number of halogens is 1. The van der Waals surface area contributed by atoms with Crippen LogP contribution in [0.2, 0.25) is 5.02 Å². The minimum atomic E-state index is -0.861. The molecule has 0 aromatic heterocycles. The SMILES string of the molecule is C[C@H](OC(=O)CCCNC(=O)c1ccc(Cl)cc1)C(=O)N(C)Cc1ccccc1. The minimum Gasteiger partial charge on any atom is -0.453 e. The lowest BCUT2D eigenvalue weighted by Crippen LogP contribution is -2.37. The Morgan fingerprint density at radius 3 is 2.38 bits per heavy atom. The molecule has 0 aliphatic carbocycles. The van der Waals surface area contributed by atoms with Gasteiger partial charge in [-0.05, 0) is 43.2 Å². The number of ether oxygens (including phenoxy) is 1. The van der Waals surface area contributed by atoms with Crippen molar-refractivity contribution in [1.82, 2.24) is 10.2 Å². The topological polar surface area (TPSA) is 75.7 Å². The van der Waals surface area contributed by atoms with E-state index in [9.17, 15) is 14.4 Å². The molecule has 1 atom stereocenters. The number of carbonyl (C=O) groups is 3. The first kappa shape index (κ1) is 22.4. The normalized spacial score (nSPS) is 11.4. The Balaban J connectivity index is 1.67. The second kappa shape index (κ2) is 11.2. The molecule has 0 bridgehead atoms. The van der Waals surface area contributed by atoms with E-state index in [0.717, 1.165) is 5.56 Å². The van der Waals surface area contributed by atoms with E-state index >= 15 is 0 Å². The van der Waals surface area contributed by atoms with Crippen LogP contribution in [-0.4, -0.2) is 42.4 Å². The fraction of sp³-hybridized carbons (Fsp3) is 0.318. The Morgan fingerprint density at radius 1 is 1.07 bits per heavy atom. The zero-order valence-corrected chi connectivity index (χ0v) is 17.3. The number of nitrogens with one attached hydrogen (secondary N) is 1. The van der Waals surface area contributed by atoms with E-state index < -0.39 is 12.1 Å². The van der Waals surface area contributed by atoms with Crippen LogP contribution in [0.5, 0.6) is 0 Å². The minimum absolute atomic E-state index is 0.112. The highest BCUT2D eigenvalue weighted by Gasteiger charge is 2.21. The summed E-state index contributed by atoms with van der Waals surface area (Å²) in [7, 11) is 1.67. The Bertz CT molecular complexity index is 824. The first-order valence-corrected chi connectivity index (χ1v) is 9.76. The van der Waals surface area contributed by atoms with Crippen molar-refractivity contribution in [2.45, 2.75) is 32.4 Å². The van der Waals surface area contributed by atoms with Crippen molar-refractivity contribution in [3.05, 3.63) is 70.7 Å². The van der Waals surface area contributed by atoms with Gasteiger partial charge >= 0.3 is 5.97 Å². The van der Waals surface area contributed by atoms with Gasteiger partial charge in [0, 0.05) is 37.1 Å². The first-order valence-electron chi connectivity index (χ1n) is 9.39. The zero-order valence-electron chi connectivity index (χ0n) is 16.6. The number of likely N-dealkylation sites (N-methyl/N-ethyl adjacent to an activating group) is 1. The maximum Gasteiger partial charge on any atom is 0.306 e. The van der Waals surface area contributed by atoms with Gasteiger partial charge in [0.15, 0.2) is 6.10 Å². The zero-order chi connectivity index (χ0) is 21.2. The summed E-state index contributed by atoms with van der Waals surface area (Å²) in [6.45, 7) is 2.33. The van der Waals surface area contributed by atoms with E-state index in [1.54, 1.807) is 38.2 Å². The average Bonchev–Trinajstić information content (AvgIpc) is 2.71. The number of amides is 2. The van der Waals surface area contributed by atoms with Crippen LogP contribution in [0.3, 0.4) is 0 Å². The average molecular weight is 417 g/mol. The third-order valence-corrected chi connectivity index (χ3v) is 4.50. The van der Waals surface area contributed by atoms with Gasteiger partial charge in [-0.15, -0.1) is 0 Å². The van der Waals surface area contributed by atoms with Gasteiger partial charge in [-0.1, -0.05) is 41.9 Å². The first-order chi connectivity index (χ1) is 13.9. The van der Waals surface area contributed by atoms with Crippen molar-refractivity contribution in [3.8, 4) is 0 Å². The third-order valence-electron chi connectivity index (χ3n) is 4.24. The molecule has 0 spiro atoms. The second-order valence-electron chi connectivity index (χ2n) is 6.68. The molecule has 2 rings (SSSR count). The van der Waals surface area contributed by atoms with Crippen LogP contribution in [0, 0.1) is 0 Å². The van der Waals surface area contributed by atoms with Crippen LogP contribution in [0.25, 0.3) is 0 Å².